The molecule has 1 aromatic carbocycles. The smallest absolute Gasteiger partial charge is 0.214 e. The van der Waals surface area contributed by atoms with Crippen molar-refractivity contribution in [3.63, 3.8) is 0 Å². The summed E-state index contributed by atoms with van der Waals surface area (Å²) < 4.78 is 13.0. The predicted octanol–water partition coefficient (Wildman–Crippen LogP) is 3.03. The van der Waals surface area contributed by atoms with Crippen molar-refractivity contribution < 1.29 is 4.39 Å². The highest BCUT2D eigenvalue weighted by Gasteiger charge is 2.04. The number of nitrogens with zero attached hydrogens (tertiary/aromatic N) is 2. The number of nitrogens with one attached hydrogen (secondary N) is 1. The van der Waals surface area contributed by atoms with Gasteiger partial charge in [-0.2, -0.15) is 4.39 Å². The van der Waals surface area contributed by atoms with Gasteiger partial charge in [0.25, 0.3) is 0 Å². The molecule has 0 unspecified atom stereocenters. The number of hydrogen-bond donors (Lipinski definition) is 1. The zero-order valence-corrected chi connectivity index (χ0v) is 9.81. The van der Waals surface area contributed by atoms with E-state index < -0.39 is 5.95 Å². The van der Waals surface area contributed by atoms with Crippen LogP contribution in [0.15, 0.2) is 42.6 Å². The van der Waals surface area contributed by atoms with Gasteiger partial charge in [-0.3, -0.25) is 0 Å². The molecule has 0 atom stereocenters. The molecule has 3 nitrogen and oxygen atoms in total. The summed E-state index contributed by atoms with van der Waals surface area (Å²) in [6.07, 6.45) is 1.44. The highest BCUT2D eigenvalue weighted by atomic mass is 19.1. The van der Waals surface area contributed by atoms with Crippen molar-refractivity contribution >= 4 is 17.1 Å². The monoisotopic (exact) mass is 231 g/mol. The lowest BCUT2D eigenvalue weighted by atomic mass is 10.2. The molecule has 0 aliphatic rings. The molecule has 17 heavy (non-hydrogen) atoms. The van der Waals surface area contributed by atoms with E-state index in [0.29, 0.717) is 5.69 Å². The van der Waals surface area contributed by atoms with Crippen LogP contribution < -0.4 is 10.2 Å². The minimum absolute atomic E-state index is 0.489. The molecule has 1 aromatic heterocycles. The second-order valence-electron chi connectivity index (χ2n) is 3.90. The van der Waals surface area contributed by atoms with Gasteiger partial charge < -0.3 is 10.2 Å². The lowest BCUT2D eigenvalue weighted by Crippen LogP contribution is -2.10. The topological polar surface area (TPSA) is 28.2 Å². The normalized spacial score (nSPS) is 10.1. The Bertz CT molecular complexity index is 512. The number of para-hydroxylation sites is 2. The van der Waals surface area contributed by atoms with Gasteiger partial charge in [-0.1, -0.05) is 12.1 Å². The highest BCUT2D eigenvalue weighted by molar-refractivity contribution is 5.74. The zero-order valence-electron chi connectivity index (χ0n) is 9.81. The van der Waals surface area contributed by atoms with Gasteiger partial charge in [-0.15, -0.1) is 0 Å². The Hall–Kier alpha value is -2.10. The number of anilines is 3. The SMILES string of the molecule is CN(C)c1ccccc1Nc1ccnc(F)c1. The number of pyridine rings is 1. The first-order valence-electron chi connectivity index (χ1n) is 5.32. The molecule has 0 aliphatic heterocycles. The summed E-state index contributed by atoms with van der Waals surface area (Å²) in [5.41, 5.74) is 2.67. The number of hydrogen-bond acceptors (Lipinski definition) is 3. The average molecular weight is 231 g/mol. The molecular weight excluding hydrogens is 217 g/mol. The second-order valence-corrected chi connectivity index (χ2v) is 3.90. The van der Waals surface area contributed by atoms with Crippen molar-refractivity contribution in [1.82, 2.24) is 4.98 Å². The van der Waals surface area contributed by atoms with Crippen LogP contribution in [0, 0.1) is 5.95 Å². The Balaban J connectivity index is 2.30. The Kier molecular flexibility index (Phi) is 3.23. The third-order valence-corrected chi connectivity index (χ3v) is 2.39. The van der Waals surface area contributed by atoms with Gasteiger partial charge >= 0.3 is 0 Å². The average Bonchev–Trinajstić information content (AvgIpc) is 2.29. The van der Waals surface area contributed by atoms with Crippen molar-refractivity contribution in [1.29, 1.82) is 0 Å². The molecule has 0 amide bonds. The summed E-state index contributed by atoms with van der Waals surface area (Å²) in [4.78, 5) is 5.52. The minimum Gasteiger partial charge on any atom is -0.376 e. The Morgan fingerprint density at radius 2 is 1.94 bits per heavy atom. The summed E-state index contributed by atoms with van der Waals surface area (Å²) in [7, 11) is 3.93. The molecule has 88 valence electrons. The highest BCUT2D eigenvalue weighted by Crippen LogP contribution is 2.26. The number of halogens is 1. The largest absolute Gasteiger partial charge is 0.376 e. The molecule has 0 spiro atoms. The van der Waals surface area contributed by atoms with E-state index in [1.165, 1.54) is 12.3 Å². The van der Waals surface area contributed by atoms with Crippen molar-refractivity contribution in [2.24, 2.45) is 0 Å². The lowest BCUT2D eigenvalue weighted by molar-refractivity contribution is 0.584. The first-order chi connectivity index (χ1) is 8.16. The van der Waals surface area contributed by atoms with Crippen molar-refractivity contribution in [2.75, 3.05) is 24.3 Å². The fourth-order valence-electron chi connectivity index (χ4n) is 1.61. The fraction of sp³-hybridized carbons (Fsp3) is 0.154. The third-order valence-electron chi connectivity index (χ3n) is 2.39. The van der Waals surface area contributed by atoms with Crippen LogP contribution in [0.4, 0.5) is 21.5 Å². The molecule has 0 radical (unpaired) electrons. The molecule has 0 aliphatic carbocycles. The zero-order chi connectivity index (χ0) is 12.3. The van der Waals surface area contributed by atoms with Crippen molar-refractivity contribution in [2.45, 2.75) is 0 Å². The molecule has 0 saturated carbocycles. The van der Waals surface area contributed by atoms with E-state index in [1.54, 1.807) is 6.07 Å². The van der Waals surface area contributed by atoms with Crippen LogP contribution in [0.2, 0.25) is 0 Å². The number of aromatic nitrogens is 1. The summed E-state index contributed by atoms with van der Waals surface area (Å²) in [6.45, 7) is 0. The van der Waals surface area contributed by atoms with Crippen LogP contribution in [0.25, 0.3) is 0 Å². The molecular formula is C13H14FN3. The van der Waals surface area contributed by atoms with Gasteiger partial charge in [0.05, 0.1) is 11.4 Å². The van der Waals surface area contributed by atoms with E-state index >= 15 is 0 Å². The maximum Gasteiger partial charge on any atom is 0.214 e. The van der Waals surface area contributed by atoms with Crippen LogP contribution in [0.3, 0.4) is 0 Å². The van der Waals surface area contributed by atoms with Crippen LogP contribution in [-0.2, 0) is 0 Å². The summed E-state index contributed by atoms with van der Waals surface area (Å²) >= 11 is 0. The van der Waals surface area contributed by atoms with Crippen molar-refractivity contribution in [3.8, 4) is 0 Å². The quantitative estimate of drug-likeness (QED) is 0.823. The lowest BCUT2D eigenvalue weighted by Gasteiger charge is -2.18. The summed E-state index contributed by atoms with van der Waals surface area (Å²) in [6, 6.07) is 11.0. The van der Waals surface area contributed by atoms with E-state index in [9.17, 15) is 4.39 Å². The molecule has 0 bridgehead atoms. The Morgan fingerprint density at radius 1 is 1.18 bits per heavy atom. The van der Waals surface area contributed by atoms with Gasteiger partial charge in [-0.05, 0) is 18.2 Å². The van der Waals surface area contributed by atoms with Gasteiger partial charge in [0, 0.05) is 32.0 Å². The van der Waals surface area contributed by atoms with Crippen LogP contribution >= 0.6 is 0 Å². The first-order valence-corrected chi connectivity index (χ1v) is 5.32. The van der Waals surface area contributed by atoms with Crippen LogP contribution in [0.5, 0.6) is 0 Å². The number of benzene rings is 1. The number of rotatable bonds is 3. The van der Waals surface area contributed by atoms with Crippen LogP contribution in [0.1, 0.15) is 0 Å². The Labute approximate surface area is 99.9 Å². The maximum absolute atomic E-state index is 13.0. The first kappa shape index (κ1) is 11.4. The standard InChI is InChI=1S/C13H14FN3/c1-17(2)12-6-4-3-5-11(12)16-10-7-8-15-13(14)9-10/h3-9H,1-2H3,(H,15,16). The van der Waals surface area contributed by atoms with Gasteiger partial charge in [0.15, 0.2) is 0 Å². The van der Waals surface area contributed by atoms with E-state index in [2.05, 4.69) is 10.3 Å². The molecule has 0 saturated heterocycles. The minimum atomic E-state index is -0.489. The van der Waals surface area contributed by atoms with Gasteiger partial charge in [0.2, 0.25) is 5.95 Å². The van der Waals surface area contributed by atoms with Gasteiger partial charge in [-0.25, -0.2) is 4.98 Å². The van der Waals surface area contributed by atoms with E-state index in [-0.39, 0.29) is 0 Å². The van der Waals surface area contributed by atoms with Crippen molar-refractivity contribution in [3.05, 3.63) is 48.5 Å². The van der Waals surface area contributed by atoms with E-state index in [1.807, 2.05) is 43.3 Å². The summed E-state index contributed by atoms with van der Waals surface area (Å²) in [5.74, 6) is -0.489. The predicted molar refractivity (Wildman–Crippen MR) is 68.2 cm³/mol. The molecule has 4 heteroatoms. The molecule has 1 heterocycles. The third kappa shape index (κ3) is 2.72. The van der Waals surface area contributed by atoms with Crippen LogP contribution in [-0.4, -0.2) is 19.1 Å². The maximum atomic E-state index is 13.0. The second kappa shape index (κ2) is 4.82. The molecule has 2 rings (SSSR count). The van der Waals surface area contributed by atoms with E-state index in [4.69, 9.17) is 0 Å². The summed E-state index contributed by atoms with van der Waals surface area (Å²) in [5, 5.41) is 3.17. The van der Waals surface area contributed by atoms with Gasteiger partial charge in [0.1, 0.15) is 0 Å². The fourth-order valence-corrected chi connectivity index (χ4v) is 1.61. The Morgan fingerprint density at radius 3 is 2.65 bits per heavy atom. The molecule has 2 aromatic rings. The molecule has 1 N–H and O–H groups in total. The van der Waals surface area contributed by atoms with E-state index in [0.717, 1.165) is 11.4 Å². The molecule has 0 fully saturated rings.